The van der Waals surface area contributed by atoms with Crippen LogP contribution in [0.1, 0.15) is 40.4 Å². The predicted octanol–water partition coefficient (Wildman–Crippen LogP) is 5.28. The van der Waals surface area contributed by atoms with Crippen LogP contribution in [-0.2, 0) is 4.79 Å². The minimum Gasteiger partial charge on any atom is -0.481 e. The van der Waals surface area contributed by atoms with E-state index < -0.39 is 5.97 Å². The van der Waals surface area contributed by atoms with Crippen LogP contribution in [0.2, 0.25) is 0 Å². The molecule has 2 heterocycles. The quantitative estimate of drug-likeness (QED) is 0.313. The van der Waals surface area contributed by atoms with Gasteiger partial charge in [0.05, 0.1) is 17.9 Å². The van der Waals surface area contributed by atoms with E-state index in [0.29, 0.717) is 11.3 Å². The van der Waals surface area contributed by atoms with Gasteiger partial charge in [0.2, 0.25) is 0 Å². The first-order valence-corrected chi connectivity index (χ1v) is 12.0. The molecule has 1 aliphatic heterocycles. The summed E-state index contributed by atoms with van der Waals surface area (Å²) in [5, 5.41) is 18.7. The van der Waals surface area contributed by atoms with Gasteiger partial charge in [0.1, 0.15) is 0 Å². The molecular formula is C26H26N4O3S. The summed E-state index contributed by atoms with van der Waals surface area (Å²) in [5.41, 5.74) is 2.89. The number of carboxylic acids is 1. The number of aliphatic carboxylic acids is 1. The number of carbonyl (C=O) groups excluding carboxylic acids is 1. The summed E-state index contributed by atoms with van der Waals surface area (Å²) in [6.45, 7) is 0.949. The smallest absolute Gasteiger partial charge is 0.304 e. The number of carboxylic acid groups (broad SMARTS) is 1. The van der Waals surface area contributed by atoms with E-state index in [1.54, 1.807) is 30.6 Å². The van der Waals surface area contributed by atoms with Crippen LogP contribution in [0.25, 0.3) is 0 Å². The van der Waals surface area contributed by atoms with E-state index in [9.17, 15) is 14.7 Å². The number of thioether (sulfide) groups is 1. The van der Waals surface area contributed by atoms with Crippen molar-refractivity contribution in [1.29, 1.82) is 0 Å². The van der Waals surface area contributed by atoms with E-state index in [1.807, 2.05) is 42.5 Å². The SMILES string of the molecule is O=C(O)CC(Sc1ccccc1NC(=O)c1ccc(NC2=CCCCN2)cc1)c1cccnc1. The highest BCUT2D eigenvalue weighted by Gasteiger charge is 2.19. The Hall–Kier alpha value is -3.78. The van der Waals surface area contributed by atoms with Gasteiger partial charge in [-0.3, -0.25) is 14.6 Å². The zero-order chi connectivity index (χ0) is 23.8. The fraction of sp³-hybridized carbons (Fsp3) is 0.192. The Morgan fingerprint density at radius 1 is 1.09 bits per heavy atom. The molecule has 34 heavy (non-hydrogen) atoms. The lowest BCUT2D eigenvalue weighted by Gasteiger charge is -2.18. The average molecular weight is 475 g/mol. The van der Waals surface area contributed by atoms with Crippen molar-refractivity contribution in [3.05, 3.63) is 96.1 Å². The molecule has 3 aromatic rings. The first-order chi connectivity index (χ1) is 16.6. The molecule has 0 saturated carbocycles. The fourth-order valence-electron chi connectivity index (χ4n) is 3.57. The number of hydrogen-bond donors (Lipinski definition) is 4. The van der Waals surface area contributed by atoms with Gasteiger partial charge in [0, 0.05) is 40.3 Å². The van der Waals surface area contributed by atoms with Gasteiger partial charge < -0.3 is 21.1 Å². The van der Waals surface area contributed by atoms with Crippen LogP contribution < -0.4 is 16.0 Å². The van der Waals surface area contributed by atoms with Gasteiger partial charge in [-0.15, -0.1) is 11.8 Å². The van der Waals surface area contributed by atoms with Crippen LogP contribution in [0.5, 0.6) is 0 Å². The molecule has 0 aliphatic carbocycles. The molecule has 1 aromatic heterocycles. The van der Waals surface area contributed by atoms with Gasteiger partial charge in [-0.2, -0.15) is 0 Å². The Morgan fingerprint density at radius 3 is 2.62 bits per heavy atom. The molecule has 8 heteroatoms. The third-order valence-electron chi connectivity index (χ3n) is 5.29. The molecule has 4 rings (SSSR count). The summed E-state index contributed by atoms with van der Waals surface area (Å²) in [5.74, 6) is -0.138. The molecule has 0 bridgehead atoms. The van der Waals surface area contributed by atoms with E-state index in [0.717, 1.165) is 41.4 Å². The second kappa shape index (κ2) is 11.4. The number of carbonyl (C=O) groups is 2. The van der Waals surface area contributed by atoms with E-state index >= 15 is 0 Å². The Morgan fingerprint density at radius 2 is 1.91 bits per heavy atom. The fourth-order valence-corrected chi connectivity index (χ4v) is 4.78. The van der Waals surface area contributed by atoms with Crippen molar-refractivity contribution in [1.82, 2.24) is 10.3 Å². The van der Waals surface area contributed by atoms with Gasteiger partial charge in [-0.25, -0.2) is 0 Å². The maximum Gasteiger partial charge on any atom is 0.304 e. The standard InChI is InChI=1S/C26H26N4O3S/c31-25(32)16-23(19-6-5-14-27-17-19)34-22-8-2-1-7-21(22)30-26(33)18-10-12-20(13-11-18)29-24-9-3-4-15-28-24/h1-2,5-14,17,23,28-29H,3-4,15-16H2,(H,30,33)(H,31,32). The van der Waals surface area contributed by atoms with Crippen LogP contribution in [0, 0.1) is 0 Å². The van der Waals surface area contributed by atoms with Crippen molar-refractivity contribution in [2.75, 3.05) is 17.2 Å². The third-order valence-corrected chi connectivity index (χ3v) is 6.62. The number of pyridine rings is 1. The van der Waals surface area contributed by atoms with Gasteiger partial charge in [-0.1, -0.05) is 18.2 Å². The number of nitrogens with zero attached hydrogens (tertiary/aromatic N) is 1. The molecule has 4 N–H and O–H groups in total. The van der Waals surface area contributed by atoms with Gasteiger partial charge in [0.25, 0.3) is 5.91 Å². The van der Waals surface area contributed by atoms with Crippen LogP contribution in [0.15, 0.2) is 89.8 Å². The van der Waals surface area contributed by atoms with E-state index in [1.165, 1.54) is 11.8 Å². The minimum absolute atomic E-state index is 0.0571. The predicted molar refractivity (Wildman–Crippen MR) is 135 cm³/mol. The molecule has 174 valence electrons. The first kappa shape index (κ1) is 23.4. The minimum atomic E-state index is -0.893. The van der Waals surface area contributed by atoms with Crippen molar-refractivity contribution in [3.63, 3.8) is 0 Å². The maximum atomic E-state index is 12.9. The van der Waals surface area contributed by atoms with Crippen LogP contribution in [0.3, 0.4) is 0 Å². The number of benzene rings is 2. The summed E-state index contributed by atoms with van der Waals surface area (Å²) in [6, 6.07) is 18.4. The number of para-hydroxylation sites is 1. The van der Waals surface area contributed by atoms with Crippen LogP contribution in [-0.4, -0.2) is 28.5 Å². The molecule has 0 fully saturated rings. The number of nitrogens with one attached hydrogen (secondary N) is 3. The highest BCUT2D eigenvalue weighted by Crippen LogP contribution is 2.41. The number of hydrogen-bond acceptors (Lipinski definition) is 6. The summed E-state index contributed by atoms with van der Waals surface area (Å²) < 4.78 is 0. The maximum absolute atomic E-state index is 12.9. The van der Waals surface area contributed by atoms with Gasteiger partial charge in [0.15, 0.2) is 0 Å². The Balaban J connectivity index is 1.46. The monoisotopic (exact) mass is 474 g/mol. The molecule has 1 aliphatic rings. The molecule has 0 saturated heterocycles. The molecule has 0 radical (unpaired) electrons. The van der Waals surface area contributed by atoms with Crippen molar-refractivity contribution < 1.29 is 14.7 Å². The van der Waals surface area contributed by atoms with Crippen molar-refractivity contribution in [3.8, 4) is 0 Å². The van der Waals surface area contributed by atoms with Crippen LogP contribution in [0.4, 0.5) is 11.4 Å². The normalized spacial score (nSPS) is 13.8. The summed E-state index contributed by atoms with van der Waals surface area (Å²) >= 11 is 1.40. The molecular weight excluding hydrogens is 448 g/mol. The lowest BCUT2D eigenvalue weighted by Crippen LogP contribution is -2.23. The third kappa shape index (κ3) is 6.39. The second-order valence-corrected chi connectivity index (χ2v) is 9.07. The molecule has 1 amide bonds. The summed E-state index contributed by atoms with van der Waals surface area (Å²) in [4.78, 5) is 29.3. The van der Waals surface area contributed by atoms with E-state index in [-0.39, 0.29) is 17.6 Å². The largest absolute Gasteiger partial charge is 0.481 e. The zero-order valence-corrected chi connectivity index (χ0v) is 19.3. The number of rotatable bonds is 9. The highest BCUT2D eigenvalue weighted by molar-refractivity contribution is 7.99. The second-order valence-electron chi connectivity index (χ2n) is 7.83. The molecule has 1 unspecified atom stereocenters. The lowest BCUT2D eigenvalue weighted by molar-refractivity contribution is -0.137. The topological polar surface area (TPSA) is 103 Å². The van der Waals surface area contributed by atoms with Crippen LogP contribution >= 0.6 is 11.8 Å². The Labute approximate surface area is 202 Å². The lowest BCUT2D eigenvalue weighted by atomic mass is 10.1. The van der Waals surface area contributed by atoms with Gasteiger partial charge in [-0.05, 0) is 66.9 Å². The van der Waals surface area contributed by atoms with E-state index in [4.69, 9.17) is 0 Å². The summed E-state index contributed by atoms with van der Waals surface area (Å²) in [6.07, 6.45) is 7.57. The number of aromatic nitrogens is 1. The van der Waals surface area contributed by atoms with Crippen molar-refractivity contribution >= 4 is 35.0 Å². The number of anilines is 2. The highest BCUT2D eigenvalue weighted by atomic mass is 32.2. The zero-order valence-electron chi connectivity index (χ0n) is 18.5. The van der Waals surface area contributed by atoms with Crippen molar-refractivity contribution in [2.24, 2.45) is 0 Å². The first-order valence-electron chi connectivity index (χ1n) is 11.1. The Kier molecular flexibility index (Phi) is 7.83. The van der Waals surface area contributed by atoms with Gasteiger partial charge >= 0.3 is 5.97 Å². The van der Waals surface area contributed by atoms with E-state index in [2.05, 4.69) is 27.0 Å². The molecule has 1 atom stereocenters. The molecule has 2 aromatic carbocycles. The van der Waals surface area contributed by atoms with Crippen molar-refractivity contribution in [2.45, 2.75) is 29.4 Å². The number of amides is 1. The summed E-state index contributed by atoms with van der Waals surface area (Å²) in [7, 11) is 0. The molecule has 7 nitrogen and oxygen atoms in total. The average Bonchev–Trinajstić information content (AvgIpc) is 2.86. The number of allylic oxidation sites excluding steroid dienone is 1. The molecule has 0 spiro atoms. The Bertz CT molecular complexity index is 1170.